The molecule has 0 saturated heterocycles. The van der Waals surface area contributed by atoms with Crippen LogP contribution in [0.1, 0.15) is 6.42 Å². The lowest BCUT2D eigenvalue weighted by atomic mass is 10.3. The van der Waals surface area contributed by atoms with Gasteiger partial charge in [-0.05, 0) is 18.2 Å². The van der Waals surface area contributed by atoms with Crippen LogP contribution in [0.15, 0.2) is 28.7 Å². The van der Waals surface area contributed by atoms with Gasteiger partial charge in [-0.15, -0.1) is 0 Å². The molecule has 0 aliphatic heterocycles. The quantitative estimate of drug-likeness (QED) is 0.799. The summed E-state index contributed by atoms with van der Waals surface area (Å²) in [5.74, 6) is 0.157. The Balaban J connectivity index is 2.20. The lowest BCUT2D eigenvalue weighted by molar-refractivity contribution is -0.122. The van der Waals surface area contributed by atoms with Gasteiger partial charge in [0, 0.05) is 11.0 Å². The van der Waals surface area contributed by atoms with E-state index in [1.807, 2.05) is 6.07 Å². The molecular formula is C12H14BrF2NO3. The molecule has 0 bridgehead atoms. The monoisotopic (exact) mass is 337 g/mol. The van der Waals surface area contributed by atoms with E-state index in [1.165, 1.54) is 0 Å². The standard InChI is InChI=1S/C12H14BrF2NO3/c13-8-2-1-3-9(6-8)19-5-4-11(18)16-7-10(17)12(14)15/h1-3,6,10,12,17H,4-5,7H2,(H,16,18). The highest BCUT2D eigenvalue weighted by atomic mass is 79.9. The van der Waals surface area contributed by atoms with Crippen LogP contribution in [-0.4, -0.2) is 36.7 Å². The molecule has 0 spiro atoms. The molecule has 106 valence electrons. The van der Waals surface area contributed by atoms with Crippen molar-refractivity contribution in [2.24, 2.45) is 0 Å². The summed E-state index contributed by atoms with van der Waals surface area (Å²) >= 11 is 3.28. The SMILES string of the molecule is O=C(CCOc1cccc(Br)c1)NCC(O)C(F)F. The fraction of sp³-hybridized carbons (Fsp3) is 0.417. The molecule has 7 heteroatoms. The highest BCUT2D eigenvalue weighted by Crippen LogP contribution is 2.17. The molecule has 1 amide bonds. The molecule has 0 aromatic heterocycles. The molecule has 2 N–H and O–H groups in total. The van der Waals surface area contributed by atoms with Crippen LogP contribution < -0.4 is 10.1 Å². The summed E-state index contributed by atoms with van der Waals surface area (Å²) in [6.07, 6.45) is -4.67. The number of ether oxygens (including phenoxy) is 1. The molecule has 1 atom stereocenters. The van der Waals surface area contributed by atoms with Crippen LogP contribution >= 0.6 is 15.9 Å². The Morgan fingerprint density at radius 3 is 2.84 bits per heavy atom. The first-order chi connectivity index (χ1) is 8.99. The Kier molecular flexibility index (Phi) is 6.72. The second-order valence-electron chi connectivity index (χ2n) is 3.76. The molecule has 0 radical (unpaired) electrons. The van der Waals surface area contributed by atoms with Crippen molar-refractivity contribution in [1.82, 2.24) is 5.32 Å². The Morgan fingerprint density at radius 1 is 1.47 bits per heavy atom. The summed E-state index contributed by atoms with van der Waals surface area (Å²) in [6, 6.07) is 7.12. The van der Waals surface area contributed by atoms with Gasteiger partial charge in [0.25, 0.3) is 6.43 Å². The third-order valence-corrected chi connectivity index (χ3v) is 2.69. The van der Waals surface area contributed by atoms with Crippen LogP contribution in [0.3, 0.4) is 0 Å². The number of nitrogens with one attached hydrogen (secondary N) is 1. The van der Waals surface area contributed by atoms with Crippen molar-refractivity contribution >= 4 is 21.8 Å². The first-order valence-corrected chi connectivity index (χ1v) is 6.39. The number of rotatable bonds is 7. The minimum Gasteiger partial charge on any atom is -0.493 e. The van der Waals surface area contributed by atoms with Crippen molar-refractivity contribution in [2.45, 2.75) is 19.0 Å². The van der Waals surface area contributed by atoms with E-state index in [2.05, 4.69) is 21.2 Å². The van der Waals surface area contributed by atoms with Crippen LogP contribution in [0.25, 0.3) is 0 Å². The van der Waals surface area contributed by atoms with Crippen LogP contribution in [0.5, 0.6) is 5.75 Å². The second kappa shape index (κ2) is 8.06. The van der Waals surface area contributed by atoms with Crippen molar-refractivity contribution in [1.29, 1.82) is 0 Å². The predicted octanol–water partition coefficient (Wildman–Crippen LogP) is 1.96. The van der Waals surface area contributed by atoms with Crippen molar-refractivity contribution in [3.8, 4) is 5.75 Å². The van der Waals surface area contributed by atoms with Gasteiger partial charge in [0.05, 0.1) is 13.0 Å². The summed E-state index contributed by atoms with van der Waals surface area (Å²) in [7, 11) is 0. The minimum absolute atomic E-state index is 0.0302. The number of carbonyl (C=O) groups excluding carboxylic acids is 1. The van der Waals surface area contributed by atoms with Crippen LogP contribution in [0.2, 0.25) is 0 Å². The Bertz CT molecular complexity index is 418. The van der Waals surface area contributed by atoms with Gasteiger partial charge in [-0.25, -0.2) is 8.78 Å². The highest BCUT2D eigenvalue weighted by Gasteiger charge is 2.17. The molecule has 1 rings (SSSR count). The second-order valence-corrected chi connectivity index (χ2v) is 4.68. The maximum absolute atomic E-state index is 12.0. The molecule has 4 nitrogen and oxygen atoms in total. The third kappa shape index (κ3) is 6.49. The average Bonchev–Trinajstić information content (AvgIpc) is 2.36. The van der Waals surface area contributed by atoms with Gasteiger partial charge < -0.3 is 15.2 Å². The van der Waals surface area contributed by atoms with Crippen LogP contribution in [0, 0.1) is 0 Å². The van der Waals surface area contributed by atoms with E-state index < -0.39 is 25.0 Å². The number of aliphatic hydroxyl groups is 1. The normalized spacial score (nSPS) is 12.3. The maximum Gasteiger partial charge on any atom is 0.265 e. The number of hydrogen-bond acceptors (Lipinski definition) is 3. The van der Waals surface area contributed by atoms with Gasteiger partial charge in [-0.2, -0.15) is 0 Å². The van der Waals surface area contributed by atoms with Crippen LogP contribution in [0.4, 0.5) is 8.78 Å². The number of aliphatic hydroxyl groups excluding tert-OH is 1. The molecule has 1 aromatic rings. The zero-order chi connectivity index (χ0) is 14.3. The number of amides is 1. The Morgan fingerprint density at radius 2 is 2.21 bits per heavy atom. The number of benzene rings is 1. The first-order valence-electron chi connectivity index (χ1n) is 5.60. The van der Waals surface area contributed by atoms with Gasteiger partial charge in [0.2, 0.25) is 5.91 Å². The predicted molar refractivity (Wildman–Crippen MR) is 69.3 cm³/mol. The van der Waals surface area contributed by atoms with Gasteiger partial charge in [-0.3, -0.25) is 4.79 Å². The smallest absolute Gasteiger partial charge is 0.265 e. The number of hydrogen-bond donors (Lipinski definition) is 2. The van der Waals surface area contributed by atoms with Crippen molar-refractivity contribution in [2.75, 3.05) is 13.2 Å². The lowest BCUT2D eigenvalue weighted by Gasteiger charge is -2.11. The molecule has 1 unspecified atom stereocenters. The highest BCUT2D eigenvalue weighted by molar-refractivity contribution is 9.10. The molecule has 0 fully saturated rings. The van der Waals surface area contributed by atoms with E-state index in [0.717, 1.165) is 4.47 Å². The average molecular weight is 338 g/mol. The molecule has 0 aliphatic carbocycles. The molecule has 0 heterocycles. The van der Waals surface area contributed by atoms with E-state index in [9.17, 15) is 13.6 Å². The largest absolute Gasteiger partial charge is 0.493 e. The molecular weight excluding hydrogens is 324 g/mol. The van der Waals surface area contributed by atoms with Gasteiger partial charge in [0.1, 0.15) is 11.9 Å². The molecule has 0 aliphatic rings. The minimum atomic E-state index is -2.86. The summed E-state index contributed by atoms with van der Waals surface area (Å²) < 4.78 is 30.1. The number of halogens is 3. The molecule has 19 heavy (non-hydrogen) atoms. The molecule has 1 aromatic carbocycles. The summed E-state index contributed by atoms with van der Waals surface area (Å²) in [5, 5.41) is 11.0. The fourth-order valence-electron chi connectivity index (χ4n) is 1.21. The number of carbonyl (C=O) groups is 1. The van der Waals surface area contributed by atoms with E-state index in [1.54, 1.807) is 18.2 Å². The van der Waals surface area contributed by atoms with Gasteiger partial charge in [0.15, 0.2) is 0 Å². The van der Waals surface area contributed by atoms with Gasteiger partial charge in [-0.1, -0.05) is 22.0 Å². The fourth-order valence-corrected chi connectivity index (χ4v) is 1.59. The topological polar surface area (TPSA) is 58.6 Å². The third-order valence-electron chi connectivity index (χ3n) is 2.19. The Labute approximate surface area is 117 Å². The van der Waals surface area contributed by atoms with E-state index >= 15 is 0 Å². The van der Waals surface area contributed by atoms with Crippen molar-refractivity contribution < 1.29 is 23.4 Å². The van der Waals surface area contributed by atoms with E-state index in [-0.39, 0.29) is 13.0 Å². The first kappa shape index (κ1) is 15.8. The maximum atomic E-state index is 12.0. The lowest BCUT2D eigenvalue weighted by Crippen LogP contribution is -2.36. The van der Waals surface area contributed by atoms with E-state index in [4.69, 9.17) is 9.84 Å². The molecule has 0 saturated carbocycles. The van der Waals surface area contributed by atoms with Gasteiger partial charge >= 0.3 is 0 Å². The van der Waals surface area contributed by atoms with Crippen LogP contribution in [-0.2, 0) is 4.79 Å². The van der Waals surface area contributed by atoms with E-state index in [0.29, 0.717) is 5.75 Å². The zero-order valence-electron chi connectivity index (χ0n) is 9.98. The summed E-state index contributed by atoms with van der Waals surface area (Å²) in [4.78, 5) is 11.3. The Hall–Kier alpha value is -1.21. The van der Waals surface area contributed by atoms with Crippen molar-refractivity contribution in [3.05, 3.63) is 28.7 Å². The summed E-state index contributed by atoms with van der Waals surface area (Å²) in [5.41, 5.74) is 0. The van der Waals surface area contributed by atoms with Crippen molar-refractivity contribution in [3.63, 3.8) is 0 Å². The number of alkyl halides is 2. The zero-order valence-corrected chi connectivity index (χ0v) is 11.6. The summed E-state index contributed by atoms with van der Waals surface area (Å²) in [6.45, 7) is -0.333.